The number of hydrogen-bond donors (Lipinski definition) is 0. The molecule has 0 aromatic carbocycles. The molecule has 1 saturated heterocycles. The number of halogens is 4. The maximum atomic E-state index is 12.2. The van der Waals surface area contributed by atoms with Crippen molar-refractivity contribution in [1.29, 1.82) is 0 Å². The summed E-state index contributed by atoms with van der Waals surface area (Å²) in [6.07, 6.45) is -4.38. The molecule has 1 aromatic rings. The van der Waals surface area contributed by atoms with Crippen LogP contribution in [0.5, 0.6) is 5.88 Å². The molecular weight excluding hydrogens is 310 g/mol. The molecule has 0 aliphatic carbocycles. The van der Waals surface area contributed by atoms with Crippen LogP contribution in [0, 0.1) is 0 Å². The Kier molecular flexibility index (Phi) is 2.54. The number of pyridine rings is 1. The Morgan fingerprint density at radius 1 is 1.29 bits per heavy atom. The van der Waals surface area contributed by atoms with E-state index in [2.05, 4.69) is 4.98 Å². The van der Waals surface area contributed by atoms with Gasteiger partial charge < -0.3 is 0 Å². The monoisotopic (exact) mass is 317 g/mol. The summed E-state index contributed by atoms with van der Waals surface area (Å²) in [5, 5.41) is 0. The van der Waals surface area contributed by atoms with Gasteiger partial charge in [-0.05, 0) is 0 Å². The van der Waals surface area contributed by atoms with Gasteiger partial charge in [0.25, 0.3) is 0 Å². The summed E-state index contributed by atoms with van der Waals surface area (Å²) in [6, 6.07) is 3.75. The van der Waals surface area contributed by atoms with Crippen LogP contribution in [0.3, 0.4) is 0 Å². The SMILES string of the molecule is FC(F)(F)c1cccc(OI2CC2)n1. The molecule has 0 unspecified atom stereocenters. The molecule has 1 fully saturated rings. The minimum atomic E-state index is -4.38. The summed E-state index contributed by atoms with van der Waals surface area (Å²) in [4.78, 5) is 3.42. The Labute approximate surface area is 86.4 Å². The summed E-state index contributed by atoms with van der Waals surface area (Å²) >= 11 is -1.31. The third kappa shape index (κ3) is 2.49. The molecule has 0 atom stereocenters. The van der Waals surface area contributed by atoms with Crippen LogP contribution in [0.4, 0.5) is 13.2 Å². The van der Waals surface area contributed by atoms with Gasteiger partial charge in [0.05, 0.1) is 0 Å². The van der Waals surface area contributed by atoms with Crippen LogP contribution in [-0.2, 0) is 6.18 Å². The molecule has 1 aromatic heterocycles. The molecule has 2 nitrogen and oxygen atoms in total. The summed E-state index contributed by atoms with van der Waals surface area (Å²) in [6.45, 7) is 0. The molecule has 0 saturated carbocycles. The standard InChI is InChI=1S/C8H7F3INO/c9-8(10,11)6-2-1-3-7(13-6)14-12-4-5-12/h1-3H,4-5H2. The van der Waals surface area contributed by atoms with E-state index >= 15 is 0 Å². The molecule has 0 spiro atoms. The molecule has 1 aliphatic heterocycles. The first-order valence-corrected chi connectivity index (χ1v) is 7.83. The second kappa shape index (κ2) is 3.56. The first kappa shape index (κ1) is 10.0. The molecule has 6 heteroatoms. The van der Waals surface area contributed by atoms with Crippen molar-refractivity contribution in [2.75, 3.05) is 8.86 Å². The molecule has 14 heavy (non-hydrogen) atoms. The quantitative estimate of drug-likeness (QED) is 0.618. The number of rotatable bonds is 2. The topological polar surface area (TPSA) is 22.1 Å². The number of nitrogens with zero attached hydrogens (tertiary/aromatic N) is 1. The van der Waals surface area contributed by atoms with Gasteiger partial charge in [-0.2, -0.15) is 0 Å². The van der Waals surface area contributed by atoms with E-state index in [1.165, 1.54) is 12.1 Å². The third-order valence-electron chi connectivity index (χ3n) is 1.55. The molecule has 0 bridgehead atoms. The Morgan fingerprint density at radius 2 is 2.00 bits per heavy atom. The van der Waals surface area contributed by atoms with E-state index in [0.29, 0.717) is 0 Å². The fourth-order valence-electron chi connectivity index (χ4n) is 0.834. The van der Waals surface area contributed by atoms with Crippen molar-refractivity contribution in [3.8, 4) is 5.88 Å². The van der Waals surface area contributed by atoms with E-state index < -0.39 is 32.1 Å². The Hall–Kier alpha value is -0.530. The molecule has 0 radical (unpaired) electrons. The van der Waals surface area contributed by atoms with Gasteiger partial charge in [-0.15, -0.1) is 0 Å². The van der Waals surface area contributed by atoms with E-state index in [1.807, 2.05) is 0 Å². The summed E-state index contributed by atoms with van der Waals surface area (Å²) in [5.41, 5.74) is -0.882. The second-order valence-electron chi connectivity index (χ2n) is 2.72. The molecular formula is C8H7F3INO. The van der Waals surface area contributed by atoms with Crippen molar-refractivity contribution < 1.29 is 16.2 Å². The van der Waals surface area contributed by atoms with E-state index in [9.17, 15) is 13.2 Å². The average Bonchev–Trinajstić information content (AvgIpc) is 2.87. The summed E-state index contributed by atoms with van der Waals surface area (Å²) in [7, 11) is 0. The zero-order valence-electron chi connectivity index (χ0n) is 7.01. The predicted molar refractivity (Wildman–Crippen MR) is 53.6 cm³/mol. The predicted octanol–water partition coefficient (Wildman–Crippen LogP) is 2.91. The average molecular weight is 317 g/mol. The normalized spacial score (nSPS) is 18.1. The molecule has 1 aliphatic rings. The zero-order valence-corrected chi connectivity index (χ0v) is 9.17. The van der Waals surface area contributed by atoms with Crippen LogP contribution >= 0.6 is 20.2 Å². The number of hydrogen-bond acceptors (Lipinski definition) is 2. The molecule has 2 rings (SSSR count). The van der Waals surface area contributed by atoms with E-state index in [-0.39, 0.29) is 5.88 Å². The van der Waals surface area contributed by atoms with Gasteiger partial charge in [-0.1, -0.05) is 0 Å². The fraction of sp³-hybridized carbons (Fsp3) is 0.375. The maximum absolute atomic E-state index is 12.2. The van der Waals surface area contributed by atoms with Crippen molar-refractivity contribution in [2.24, 2.45) is 0 Å². The first-order valence-electron chi connectivity index (χ1n) is 3.90. The number of alkyl halides is 5. The summed E-state index contributed by atoms with van der Waals surface area (Å²) < 4.78 is 44.1. The van der Waals surface area contributed by atoms with Gasteiger partial charge in [-0.3, -0.25) is 0 Å². The Bertz CT molecular complexity index is 338. The van der Waals surface area contributed by atoms with Gasteiger partial charge in [-0.25, -0.2) is 0 Å². The molecule has 0 amide bonds. The zero-order chi connectivity index (χ0) is 10.2. The van der Waals surface area contributed by atoms with Crippen LogP contribution in [-0.4, -0.2) is 13.8 Å². The van der Waals surface area contributed by atoms with E-state index in [0.717, 1.165) is 14.9 Å². The van der Waals surface area contributed by atoms with Crippen LogP contribution in [0.25, 0.3) is 0 Å². The van der Waals surface area contributed by atoms with Crippen molar-refractivity contribution in [3.05, 3.63) is 23.9 Å². The molecule has 0 N–H and O–H groups in total. The van der Waals surface area contributed by atoms with Gasteiger partial charge in [0, 0.05) is 0 Å². The van der Waals surface area contributed by atoms with Crippen LogP contribution in [0.15, 0.2) is 18.2 Å². The van der Waals surface area contributed by atoms with Gasteiger partial charge in [0.1, 0.15) is 0 Å². The molecule has 78 valence electrons. The van der Waals surface area contributed by atoms with Crippen molar-refractivity contribution >= 4 is 20.2 Å². The van der Waals surface area contributed by atoms with Crippen molar-refractivity contribution in [1.82, 2.24) is 4.98 Å². The van der Waals surface area contributed by atoms with Gasteiger partial charge in [0.15, 0.2) is 0 Å². The van der Waals surface area contributed by atoms with Crippen LogP contribution in [0.1, 0.15) is 5.69 Å². The van der Waals surface area contributed by atoms with Crippen LogP contribution in [0.2, 0.25) is 0 Å². The van der Waals surface area contributed by atoms with Crippen molar-refractivity contribution in [3.63, 3.8) is 0 Å². The fourth-order valence-corrected chi connectivity index (χ4v) is 3.44. The van der Waals surface area contributed by atoms with Crippen LogP contribution < -0.4 is 3.07 Å². The number of aromatic nitrogens is 1. The van der Waals surface area contributed by atoms with Gasteiger partial charge >= 0.3 is 86.3 Å². The van der Waals surface area contributed by atoms with E-state index in [1.54, 1.807) is 0 Å². The minimum absolute atomic E-state index is 0.127. The second-order valence-corrected chi connectivity index (χ2v) is 7.64. The Balaban J connectivity index is 2.17. The Morgan fingerprint density at radius 3 is 2.57 bits per heavy atom. The summed E-state index contributed by atoms with van der Waals surface area (Å²) in [5.74, 6) is 0.127. The van der Waals surface area contributed by atoms with Crippen molar-refractivity contribution in [2.45, 2.75) is 6.18 Å². The molecule has 2 heterocycles. The third-order valence-corrected chi connectivity index (χ3v) is 4.58. The van der Waals surface area contributed by atoms with E-state index in [4.69, 9.17) is 3.07 Å². The van der Waals surface area contributed by atoms with Gasteiger partial charge in [0.2, 0.25) is 0 Å². The first-order chi connectivity index (χ1) is 6.55.